The molecule has 0 aromatic heterocycles. The number of alkyl halides is 1. The van der Waals surface area contributed by atoms with Crippen molar-refractivity contribution in [2.24, 2.45) is 0 Å². The summed E-state index contributed by atoms with van der Waals surface area (Å²) in [4.78, 5) is 2.12. The maximum atomic E-state index is 12.6. The molecule has 1 unspecified atom stereocenters. The molecule has 0 aliphatic carbocycles. The molecule has 0 radical (unpaired) electrons. The first-order valence-corrected chi connectivity index (χ1v) is 11.2. The summed E-state index contributed by atoms with van der Waals surface area (Å²) in [7, 11) is 0. The molecule has 1 atom stereocenters. The van der Waals surface area contributed by atoms with Crippen molar-refractivity contribution >= 4 is 0 Å². The topological polar surface area (TPSA) is 3.24 Å². The average molecular weight is 398 g/mol. The van der Waals surface area contributed by atoms with Crippen molar-refractivity contribution in [2.45, 2.75) is 88.6 Å². The summed E-state index contributed by atoms with van der Waals surface area (Å²) in [6.07, 6.45) is 17.1. The lowest BCUT2D eigenvalue weighted by Gasteiger charge is -2.28. The lowest BCUT2D eigenvalue weighted by atomic mass is 10.0. The number of hydrogen-bond donors (Lipinski definition) is 0. The first kappa shape index (κ1) is 37.4. The molecule has 0 N–H and O–H groups in total. The summed E-state index contributed by atoms with van der Waals surface area (Å²) >= 11 is 0. The maximum Gasteiger partial charge on any atom is 0.102 e. The minimum atomic E-state index is -0.319. The van der Waals surface area contributed by atoms with E-state index in [2.05, 4.69) is 49.6 Å². The summed E-state index contributed by atoms with van der Waals surface area (Å²) in [6, 6.07) is 0.122. The van der Waals surface area contributed by atoms with Crippen LogP contribution in [0.1, 0.15) is 82.6 Å². The molecule has 0 aliphatic rings. The van der Waals surface area contributed by atoms with Gasteiger partial charge in [-0.2, -0.15) is 0 Å². The van der Waals surface area contributed by atoms with Crippen LogP contribution < -0.4 is 0 Å². The Labute approximate surface area is 178 Å². The van der Waals surface area contributed by atoms with Crippen LogP contribution in [0, 0.1) is 0 Å². The molecular formula is C26H52FN. The van der Waals surface area contributed by atoms with Gasteiger partial charge in [-0.05, 0) is 39.3 Å². The first-order valence-electron chi connectivity index (χ1n) is 11.2. The van der Waals surface area contributed by atoms with E-state index in [-0.39, 0.29) is 12.7 Å². The summed E-state index contributed by atoms with van der Waals surface area (Å²) in [5.74, 6) is 0. The highest BCUT2D eigenvalue weighted by molar-refractivity contribution is 5.30. The van der Waals surface area contributed by atoms with Crippen molar-refractivity contribution < 1.29 is 4.39 Å². The largest absolute Gasteiger partial charge is 0.291 e. The Bertz CT molecular complexity index is 361. The molecular weight excluding hydrogens is 345 g/mol. The molecule has 0 saturated carbocycles. The van der Waals surface area contributed by atoms with E-state index in [0.717, 1.165) is 13.0 Å². The summed E-state index contributed by atoms with van der Waals surface area (Å²) in [5, 5.41) is 0. The standard InChI is InChI=1S/C16H26FN.C4H8.3C2H6/c1-5-9-11-15(7-3)16(12-10-6-2)18(8-4)14-13-17;1-3-4-2;3*1-2/h6-7,9-12,16H,2,5,8,13-14H2,1,3-4H3;3-4H,1-2H3;3*1-2H3/b11-9-,12-10+,15-7+;4-3-;;;. The number of allylic oxidation sites excluding steroid dienone is 6. The van der Waals surface area contributed by atoms with Crippen LogP contribution >= 0.6 is 0 Å². The van der Waals surface area contributed by atoms with Crippen LogP contribution in [0.4, 0.5) is 4.39 Å². The second kappa shape index (κ2) is 40.3. The quantitative estimate of drug-likeness (QED) is 0.277. The number of nitrogens with zero attached hydrogens (tertiary/aromatic N) is 1. The van der Waals surface area contributed by atoms with Gasteiger partial charge >= 0.3 is 0 Å². The fraction of sp³-hybridized carbons (Fsp3) is 0.615. The van der Waals surface area contributed by atoms with E-state index < -0.39 is 0 Å². The van der Waals surface area contributed by atoms with E-state index in [9.17, 15) is 4.39 Å². The third kappa shape index (κ3) is 26.8. The average Bonchev–Trinajstić information content (AvgIpc) is 2.79. The fourth-order valence-corrected chi connectivity index (χ4v) is 1.85. The zero-order valence-electron chi connectivity index (χ0n) is 21.1. The minimum Gasteiger partial charge on any atom is -0.291 e. The Morgan fingerprint density at radius 2 is 1.46 bits per heavy atom. The van der Waals surface area contributed by atoms with E-state index in [4.69, 9.17) is 0 Å². The molecule has 0 rings (SSSR count). The SMILES string of the molecule is C/C=C\C.C=C/C=C/C(C(/C=C\CC)=C/C)N(CC)CCF.CC.CC.CC. The number of hydrogen-bond acceptors (Lipinski definition) is 1. The van der Waals surface area contributed by atoms with Crippen LogP contribution in [0.5, 0.6) is 0 Å². The van der Waals surface area contributed by atoms with Gasteiger partial charge in [0.1, 0.15) is 6.67 Å². The second-order valence-electron chi connectivity index (χ2n) is 4.65. The van der Waals surface area contributed by atoms with Crippen LogP contribution in [-0.4, -0.2) is 30.7 Å². The van der Waals surface area contributed by atoms with Crippen molar-refractivity contribution in [2.75, 3.05) is 19.8 Å². The number of rotatable bonds is 9. The summed E-state index contributed by atoms with van der Waals surface area (Å²) in [6.45, 7) is 26.8. The minimum absolute atomic E-state index is 0.122. The molecule has 2 heteroatoms. The highest BCUT2D eigenvalue weighted by Gasteiger charge is 2.16. The van der Waals surface area contributed by atoms with E-state index in [0.29, 0.717) is 6.54 Å². The number of likely N-dealkylation sites (N-methyl/N-ethyl adjacent to an activating group) is 1. The first-order chi connectivity index (χ1) is 13.7. The molecule has 168 valence electrons. The Morgan fingerprint density at radius 3 is 1.75 bits per heavy atom. The zero-order valence-corrected chi connectivity index (χ0v) is 21.1. The molecule has 0 saturated heterocycles. The lowest BCUT2D eigenvalue weighted by Crippen LogP contribution is -2.36. The molecule has 0 fully saturated rings. The molecule has 0 heterocycles. The number of halogens is 1. The third-order valence-corrected chi connectivity index (χ3v) is 3.15. The Hall–Kier alpha value is -1.41. The van der Waals surface area contributed by atoms with Gasteiger partial charge in [-0.25, -0.2) is 4.39 Å². The van der Waals surface area contributed by atoms with Crippen LogP contribution in [0.2, 0.25) is 0 Å². The molecule has 0 spiro atoms. The van der Waals surface area contributed by atoms with E-state index in [1.54, 1.807) is 6.08 Å². The highest BCUT2D eigenvalue weighted by Crippen LogP contribution is 2.15. The van der Waals surface area contributed by atoms with Gasteiger partial charge in [0.05, 0.1) is 6.04 Å². The van der Waals surface area contributed by atoms with Crippen molar-refractivity contribution in [1.29, 1.82) is 0 Å². The molecule has 0 bridgehead atoms. The Balaban J connectivity index is -0.000000149. The third-order valence-electron chi connectivity index (χ3n) is 3.15. The van der Waals surface area contributed by atoms with E-state index in [1.165, 1.54) is 5.57 Å². The predicted octanol–water partition coefficient (Wildman–Crippen LogP) is 8.96. The predicted molar refractivity (Wildman–Crippen MR) is 134 cm³/mol. The van der Waals surface area contributed by atoms with Crippen LogP contribution in [0.15, 0.2) is 60.8 Å². The van der Waals surface area contributed by atoms with Crippen LogP contribution in [-0.2, 0) is 0 Å². The molecule has 0 aromatic carbocycles. The molecule has 1 nitrogen and oxygen atoms in total. The van der Waals surface area contributed by atoms with Gasteiger partial charge in [0.15, 0.2) is 0 Å². The monoisotopic (exact) mass is 397 g/mol. The second-order valence-corrected chi connectivity index (χ2v) is 4.65. The van der Waals surface area contributed by atoms with Crippen LogP contribution in [0.25, 0.3) is 0 Å². The highest BCUT2D eigenvalue weighted by atomic mass is 19.1. The zero-order chi connectivity index (χ0) is 23.2. The summed E-state index contributed by atoms with van der Waals surface area (Å²) in [5.41, 5.74) is 1.20. The van der Waals surface area contributed by atoms with Crippen molar-refractivity contribution in [3.63, 3.8) is 0 Å². The molecule has 0 amide bonds. The molecule has 28 heavy (non-hydrogen) atoms. The van der Waals surface area contributed by atoms with Crippen molar-refractivity contribution in [1.82, 2.24) is 4.90 Å². The maximum absolute atomic E-state index is 12.6. The normalized spacial score (nSPS) is 11.5. The fourth-order valence-electron chi connectivity index (χ4n) is 1.85. The van der Waals surface area contributed by atoms with E-state index >= 15 is 0 Å². The Kier molecular flexibility index (Phi) is 53.8. The van der Waals surface area contributed by atoms with Gasteiger partial charge < -0.3 is 0 Å². The van der Waals surface area contributed by atoms with Crippen molar-refractivity contribution in [3.05, 3.63) is 60.8 Å². The molecule has 0 aromatic rings. The van der Waals surface area contributed by atoms with Gasteiger partial charge in [0.2, 0.25) is 0 Å². The smallest absolute Gasteiger partial charge is 0.102 e. The molecule has 0 aliphatic heterocycles. The van der Waals surface area contributed by atoms with Crippen molar-refractivity contribution in [3.8, 4) is 0 Å². The van der Waals surface area contributed by atoms with Gasteiger partial charge in [-0.3, -0.25) is 4.90 Å². The summed E-state index contributed by atoms with van der Waals surface area (Å²) < 4.78 is 12.6. The van der Waals surface area contributed by atoms with Gasteiger partial charge in [0, 0.05) is 6.54 Å². The van der Waals surface area contributed by atoms with Gasteiger partial charge in [0.25, 0.3) is 0 Å². The lowest BCUT2D eigenvalue weighted by molar-refractivity contribution is 0.241. The van der Waals surface area contributed by atoms with E-state index in [1.807, 2.05) is 80.5 Å². The van der Waals surface area contributed by atoms with Crippen LogP contribution in [0.3, 0.4) is 0 Å². The van der Waals surface area contributed by atoms with Gasteiger partial charge in [-0.15, -0.1) is 0 Å². The van der Waals surface area contributed by atoms with Gasteiger partial charge in [-0.1, -0.05) is 111 Å². The Morgan fingerprint density at radius 1 is 0.964 bits per heavy atom.